The second-order valence-corrected chi connectivity index (χ2v) is 6.13. The Bertz CT molecular complexity index is 885. The number of ether oxygens (including phenoxy) is 1. The zero-order valence-corrected chi connectivity index (χ0v) is 13.3. The summed E-state index contributed by atoms with van der Waals surface area (Å²) in [6, 6.07) is 12.6. The van der Waals surface area contributed by atoms with Gasteiger partial charge in [-0.25, -0.2) is 0 Å². The Morgan fingerprint density at radius 2 is 1.75 bits per heavy atom. The van der Waals surface area contributed by atoms with Gasteiger partial charge in [-0.3, -0.25) is 4.79 Å². The van der Waals surface area contributed by atoms with Crippen molar-refractivity contribution in [1.29, 1.82) is 0 Å². The number of rotatable bonds is 3. The number of nitrogens with one attached hydrogen (secondary N) is 1. The summed E-state index contributed by atoms with van der Waals surface area (Å²) in [5.74, 6) is -0.750. The number of halogens is 3. The Morgan fingerprint density at radius 1 is 1.08 bits per heavy atom. The van der Waals surface area contributed by atoms with Crippen LogP contribution in [0.4, 0.5) is 18.2 Å². The van der Waals surface area contributed by atoms with Gasteiger partial charge in [-0.1, -0.05) is 18.2 Å². The van der Waals surface area contributed by atoms with Crippen molar-refractivity contribution >= 4 is 32.3 Å². The van der Waals surface area contributed by atoms with Gasteiger partial charge in [0.25, 0.3) is 5.91 Å². The van der Waals surface area contributed by atoms with Crippen LogP contribution in [0.3, 0.4) is 0 Å². The van der Waals surface area contributed by atoms with Crippen LogP contribution in [0, 0.1) is 6.92 Å². The number of carbonyl (C=O) groups is 1. The predicted molar refractivity (Wildman–Crippen MR) is 87.6 cm³/mol. The minimum Gasteiger partial charge on any atom is -0.406 e. The lowest BCUT2D eigenvalue weighted by Gasteiger charge is -2.09. The second-order valence-electron chi connectivity index (χ2n) is 5.08. The van der Waals surface area contributed by atoms with Gasteiger partial charge in [-0.15, -0.1) is 24.5 Å². The van der Waals surface area contributed by atoms with E-state index in [-0.39, 0.29) is 17.2 Å². The number of hydrogen-bond donors (Lipinski definition) is 1. The number of hydrogen-bond acceptors (Lipinski definition) is 3. The van der Waals surface area contributed by atoms with E-state index in [4.69, 9.17) is 0 Å². The maximum atomic E-state index is 12.3. The molecule has 2 aromatic carbocycles. The summed E-state index contributed by atoms with van der Waals surface area (Å²) in [5, 5.41) is 4.58. The topological polar surface area (TPSA) is 38.3 Å². The molecule has 0 aliphatic rings. The van der Waals surface area contributed by atoms with E-state index in [1.807, 2.05) is 31.2 Å². The molecule has 3 rings (SSSR count). The average Bonchev–Trinajstić information content (AvgIpc) is 2.83. The lowest BCUT2D eigenvalue weighted by Crippen LogP contribution is -2.17. The van der Waals surface area contributed by atoms with Crippen LogP contribution < -0.4 is 10.1 Å². The summed E-state index contributed by atoms with van der Waals surface area (Å²) < 4.78 is 41.2. The summed E-state index contributed by atoms with van der Waals surface area (Å²) in [6.07, 6.45) is -4.75. The van der Waals surface area contributed by atoms with Gasteiger partial charge >= 0.3 is 6.36 Å². The zero-order chi connectivity index (χ0) is 17.3. The minimum atomic E-state index is -4.75. The molecule has 1 amide bonds. The molecule has 1 heterocycles. The van der Waals surface area contributed by atoms with Crippen molar-refractivity contribution in [3.8, 4) is 5.75 Å². The van der Waals surface area contributed by atoms with Crippen LogP contribution in [0.5, 0.6) is 5.75 Å². The highest BCUT2D eigenvalue weighted by molar-refractivity contribution is 7.23. The zero-order valence-electron chi connectivity index (χ0n) is 12.5. The van der Waals surface area contributed by atoms with Gasteiger partial charge in [-0.05, 0) is 48.2 Å². The SMILES string of the molecule is Cc1c(NC(=O)c2ccc(OC(F)(F)F)cc2)sc2ccccc12. The van der Waals surface area contributed by atoms with Crippen LogP contribution in [-0.2, 0) is 0 Å². The molecule has 0 aliphatic carbocycles. The number of fused-ring (bicyclic) bond motifs is 1. The molecule has 7 heteroatoms. The molecule has 1 N–H and O–H groups in total. The number of anilines is 1. The van der Waals surface area contributed by atoms with Gasteiger partial charge in [0, 0.05) is 10.3 Å². The first kappa shape index (κ1) is 16.3. The van der Waals surface area contributed by atoms with E-state index >= 15 is 0 Å². The normalized spacial score (nSPS) is 11.5. The fourth-order valence-electron chi connectivity index (χ4n) is 2.28. The van der Waals surface area contributed by atoms with Gasteiger partial charge in [0.15, 0.2) is 0 Å². The lowest BCUT2D eigenvalue weighted by atomic mass is 10.2. The van der Waals surface area contributed by atoms with Crippen molar-refractivity contribution in [2.45, 2.75) is 13.3 Å². The molecule has 3 aromatic rings. The number of thiophene rings is 1. The highest BCUT2D eigenvalue weighted by Crippen LogP contribution is 2.35. The molecular formula is C17H12F3NO2S. The summed E-state index contributed by atoms with van der Waals surface area (Å²) in [4.78, 5) is 12.3. The molecule has 3 nitrogen and oxygen atoms in total. The van der Waals surface area contributed by atoms with Crippen LogP contribution in [-0.4, -0.2) is 12.3 Å². The number of amides is 1. The van der Waals surface area contributed by atoms with Gasteiger partial charge in [-0.2, -0.15) is 0 Å². The van der Waals surface area contributed by atoms with Crippen LogP contribution in [0.25, 0.3) is 10.1 Å². The molecular weight excluding hydrogens is 339 g/mol. The summed E-state index contributed by atoms with van der Waals surface area (Å²) in [5.41, 5.74) is 1.21. The van der Waals surface area contributed by atoms with Gasteiger partial charge in [0.05, 0.1) is 5.00 Å². The lowest BCUT2D eigenvalue weighted by molar-refractivity contribution is -0.274. The Balaban J connectivity index is 1.78. The quantitative estimate of drug-likeness (QED) is 0.690. The first-order chi connectivity index (χ1) is 11.3. The van der Waals surface area contributed by atoms with E-state index < -0.39 is 6.36 Å². The maximum absolute atomic E-state index is 12.3. The highest BCUT2D eigenvalue weighted by atomic mass is 32.1. The molecule has 0 fully saturated rings. The second kappa shape index (κ2) is 6.16. The van der Waals surface area contributed by atoms with Crippen LogP contribution in [0.15, 0.2) is 48.5 Å². The molecule has 0 atom stereocenters. The molecule has 0 bridgehead atoms. The van der Waals surface area contributed by atoms with E-state index in [0.717, 1.165) is 32.8 Å². The monoisotopic (exact) mass is 351 g/mol. The largest absolute Gasteiger partial charge is 0.573 e. The van der Waals surface area contributed by atoms with E-state index in [0.29, 0.717) is 0 Å². The van der Waals surface area contributed by atoms with Gasteiger partial charge < -0.3 is 10.1 Å². The smallest absolute Gasteiger partial charge is 0.406 e. The summed E-state index contributed by atoms with van der Waals surface area (Å²) in [7, 11) is 0. The first-order valence-electron chi connectivity index (χ1n) is 6.99. The van der Waals surface area contributed by atoms with Gasteiger partial charge in [0.2, 0.25) is 0 Å². The van der Waals surface area contributed by atoms with Crippen LogP contribution in [0.2, 0.25) is 0 Å². The Morgan fingerprint density at radius 3 is 2.38 bits per heavy atom. The molecule has 0 radical (unpaired) electrons. The van der Waals surface area contributed by atoms with Crippen LogP contribution >= 0.6 is 11.3 Å². The Hall–Kier alpha value is -2.54. The summed E-state index contributed by atoms with van der Waals surface area (Å²) >= 11 is 1.45. The molecule has 0 saturated heterocycles. The third-order valence-corrected chi connectivity index (χ3v) is 4.61. The van der Waals surface area contributed by atoms with E-state index in [1.165, 1.54) is 23.5 Å². The third-order valence-electron chi connectivity index (χ3n) is 3.42. The Labute approximate surface area is 139 Å². The molecule has 0 aliphatic heterocycles. The molecule has 1 aromatic heterocycles. The predicted octanol–water partition coefficient (Wildman–Crippen LogP) is 5.36. The number of carbonyl (C=O) groups excluding carboxylic acids is 1. The van der Waals surface area contributed by atoms with Gasteiger partial charge in [0.1, 0.15) is 5.75 Å². The van der Waals surface area contributed by atoms with Crippen molar-refractivity contribution in [3.05, 3.63) is 59.7 Å². The van der Waals surface area contributed by atoms with Crippen molar-refractivity contribution in [2.75, 3.05) is 5.32 Å². The molecule has 0 saturated carbocycles. The molecule has 124 valence electrons. The van der Waals surface area contributed by atoms with Crippen molar-refractivity contribution in [3.63, 3.8) is 0 Å². The Kier molecular flexibility index (Phi) is 4.19. The van der Waals surface area contributed by atoms with E-state index in [1.54, 1.807) is 0 Å². The minimum absolute atomic E-state index is 0.251. The number of aryl methyl sites for hydroxylation is 1. The molecule has 24 heavy (non-hydrogen) atoms. The summed E-state index contributed by atoms with van der Waals surface area (Å²) in [6.45, 7) is 1.91. The fourth-order valence-corrected chi connectivity index (χ4v) is 3.38. The van der Waals surface area contributed by atoms with E-state index in [9.17, 15) is 18.0 Å². The van der Waals surface area contributed by atoms with E-state index in [2.05, 4.69) is 10.1 Å². The average molecular weight is 351 g/mol. The first-order valence-corrected chi connectivity index (χ1v) is 7.80. The molecule has 0 spiro atoms. The van der Waals surface area contributed by atoms with Crippen molar-refractivity contribution in [2.24, 2.45) is 0 Å². The fraction of sp³-hybridized carbons (Fsp3) is 0.118. The van der Waals surface area contributed by atoms with Crippen molar-refractivity contribution < 1.29 is 22.7 Å². The molecule has 0 unspecified atom stereocenters. The highest BCUT2D eigenvalue weighted by Gasteiger charge is 2.31. The standard InChI is InChI=1S/C17H12F3NO2S/c1-10-13-4-2-3-5-14(13)24-16(10)21-15(22)11-6-8-12(9-7-11)23-17(18,19)20/h2-9H,1H3,(H,21,22). The number of alkyl halides is 3. The van der Waals surface area contributed by atoms with Crippen molar-refractivity contribution in [1.82, 2.24) is 0 Å². The maximum Gasteiger partial charge on any atom is 0.573 e. The van der Waals surface area contributed by atoms with Crippen LogP contribution in [0.1, 0.15) is 15.9 Å². The number of benzene rings is 2. The third kappa shape index (κ3) is 3.51.